The van der Waals surface area contributed by atoms with E-state index in [2.05, 4.69) is 57.4 Å². The highest BCUT2D eigenvalue weighted by Gasteiger charge is 2.04. The maximum atomic E-state index is 4.58. The summed E-state index contributed by atoms with van der Waals surface area (Å²) in [7, 11) is 3.75. The lowest BCUT2D eigenvalue weighted by atomic mass is 10.0. The summed E-state index contributed by atoms with van der Waals surface area (Å²) in [6.07, 6.45) is 0. The number of benzene rings is 2. The molecule has 0 bridgehead atoms. The van der Waals surface area contributed by atoms with Gasteiger partial charge in [-0.3, -0.25) is 4.99 Å². The Labute approximate surface area is 151 Å². The average molecular weight is 379 g/mol. The Morgan fingerprint density at radius 3 is 1.39 bits per heavy atom. The van der Waals surface area contributed by atoms with Gasteiger partial charge in [-0.2, -0.15) is 0 Å². The van der Waals surface area contributed by atoms with Crippen LogP contribution in [0.3, 0.4) is 0 Å². The molecule has 0 aliphatic heterocycles. The van der Waals surface area contributed by atoms with Crippen molar-refractivity contribution in [1.82, 2.24) is 5.32 Å². The third-order valence-electron chi connectivity index (χ3n) is 2.41. The van der Waals surface area contributed by atoms with E-state index in [9.17, 15) is 0 Å². The van der Waals surface area contributed by atoms with E-state index in [-0.39, 0.29) is 0 Å². The molecular formula is C20H31BrN2. The van der Waals surface area contributed by atoms with Gasteiger partial charge in [-0.15, -0.1) is 0 Å². The SMILES string of the molecule is CBr.CC.CCN=C(c1ccccc1)c1ccccc1.CNC. The number of hydrogen-bond acceptors (Lipinski definition) is 2. The summed E-state index contributed by atoms with van der Waals surface area (Å²) in [5.41, 5.74) is 3.43. The van der Waals surface area contributed by atoms with Crippen molar-refractivity contribution >= 4 is 21.6 Å². The zero-order chi connectivity index (χ0) is 17.9. The summed E-state index contributed by atoms with van der Waals surface area (Å²) in [6.45, 7) is 6.87. The van der Waals surface area contributed by atoms with Gasteiger partial charge in [0, 0.05) is 17.7 Å². The molecule has 0 atom stereocenters. The van der Waals surface area contributed by atoms with Crippen LogP contribution in [0.15, 0.2) is 65.7 Å². The molecule has 0 heterocycles. The van der Waals surface area contributed by atoms with E-state index in [0.717, 1.165) is 12.3 Å². The molecule has 0 aromatic heterocycles. The smallest absolute Gasteiger partial charge is 0.0718 e. The first-order valence-corrected chi connectivity index (χ1v) is 9.53. The van der Waals surface area contributed by atoms with Crippen molar-refractivity contribution in [3.05, 3.63) is 71.8 Å². The Morgan fingerprint density at radius 2 is 1.13 bits per heavy atom. The molecule has 0 fully saturated rings. The molecule has 0 spiro atoms. The van der Waals surface area contributed by atoms with Crippen molar-refractivity contribution in [3.63, 3.8) is 0 Å². The van der Waals surface area contributed by atoms with Crippen LogP contribution in [0.1, 0.15) is 31.9 Å². The molecule has 23 heavy (non-hydrogen) atoms. The van der Waals surface area contributed by atoms with Crippen molar-refractivity contribution < 1.29 is 0 Å². The van der Waals surface area contributed by atoms with Crippen LogP contribution in [0.5, 0.6) is 0 Å². The van der Waals surface area contributed by atoms with E-state index >= 15 is 0 Å². The Bertz CT molecular complexity index is 440. The van der Waals surface area contributed by atoms with Gasteiger partial charge in [-0.25, -0.2) is 0 Å². The van der Waals surface area contributed by atoms with Gasteiger partial charge in [0.15, 0.2) is 0 Å². The summed E-state index contributed by atoms with van der Waals surface area (Å²) in [6, 6.07) is 20.6. The number of nitrogens with zero attached hydrogens (tertiary/aromatic N) is 1. The molecule has 0 aliphatic rings. The van der Waals surface area contributed by atoms with E-state index in [0.29, 0.717) is 0 Å². The Balaban J connectivity index is 0. The fourth-order valence-electron chi connectivity index (χ4n) is 1.70. The van der Waals surface area contributed by atoms with Crippen LogP contribution in [0.25, 0.3) is 0 Å². The Hall–Kier alpha value is -1.45. The molecule has 0 amide bonds. The number of halogens is 1. The number of rotatable bonds is 3. The zero-order valence-corrected chi connectivity index (χ0v) is 16.9. The predicted molar refractivity (Wildman–Crippen MR) is 110 cm³/mol. The van der Waals surface area contributed by atoms with Crippen LogP contribution < -0.4 is 5.32 Å². The largest absolute Gasteiger partial charge is 0.323 e. The zero-order valence-electron chi connectivity index (χ0n) is 15.3. The summed E-state index contributed by atoms with van der Waals surface area (Å²) in [5, 5.41) is 2.75. The van der Waals surface area contributed by atoms with Crippen molar-refractivity contribution in [2.75, 3.05) is 26.5 Å². The highest BCUT2D eigenvalue weighted by molar-refractivity contribution is 9.08. The normalized spacial score (nSPS) is 8.13. The molecule has 3 heteroatoms. The van der Waals surface area contributed by atoms with Gasteiger partial charge in [0.25, 0.3) is 0 Å². The van der Waals surface area contributed by atoms with Crippen molar-refractivity contribution in [2.45, 2.75) is 20.8 Å². The molecule has 2 aromatic rings. The van der Waals surface area contributed by atoms with E-state index in [1.165, 1.54) is 11.1 Å². The summed E-state index contributed by atoms with van der Waals surface area (Å²) in [4.78, 5) is 4.58. The molecule has 0 saturated heterocycles. The third-order valence-corrected chi connectivity index (χ3v) is 2.41. The van der Waals surface area contributed by atoms with E-state index in [4.69, 9.17) is 0 Å². The number of hydrogen-bond donors (Lipinski definition) is 1. The third kappa shape index (κ3) is 10.8. The second-order valence-electron chi connectivity index (χ2n) is 4.05. The molecule has 0 saturated carbocycles. The first kappa shape index (κ1) is 23.8. The maximum Gasteiger partial charge on any atom is 0.0718 e. The summed E-state index contributed by atoms with van der Waals surface area (Å²) >= 11 is 2.94. The molecule has 2 rings (SSSR count). The molecule has 2 aromatic carbocycles. The van der Waals surface area contributed by atoms with Crippen LogP contribution in [0, 0.1) is 0 Å². The quantitative estimate of drug-likeness (QED) is 0.559. The minimum absolute atomic E-state index is 0.805. The van der Waals surface area contributed by atoms with Gasteiger partial charge >= 0.3 is 0 Å². The van der Waals surface area contributed by atoms with Gasteiger partial charge in [0.2, 0.25) is 0 Å². The van der Waals surface area contributed by atoms with Crippen molar-refractivity contribution in [2.24, 2.45) is 4.99 Å². The molecule has 0 radical (unpaired) electrons. The second-order valence-corrected chi connectivity index (χ2v) is 4.05. The predicted octanol–water partition coefficient (Wildman–Crippen LogP) is 5.42. The summed E-state index contributed by atoms with van der Waals surface area (Å²) in [5.74, 6) is 1.81. The first-order chi connectivity index (χ1) is 11.3. The molecule has 1 N–H and O–H groups in total. The number of nitrogens with one attached hydrogen (secondary N) is 1. The number of alkyl halides is 1. The average Bonchev–Trinajstić information content (AvgIpc) is 2.65. The maximum absolute atomic E-state index is 4.58. The fourth-order valence-corrected chi connectivity index (χ4v) is 1.70. The molecular weight excluding hydrogens is 348 g/mol. The second kappa shape index (κ2) is 18.6. The molecule has 2 nitrogen and oxygen atoms in total. The highest BCUT2D eigenvalue weighted by atomic mass is 79.9. The van der Waals surface area contributed by atoms with E-state index in [1.807, 2.05) is 70.2 Å². The molecule has 0 unspecified atom stereocenters. The fraction of sp³-hybridized carbons (Fsp3) is 0.350. The molecule has 0 aliphatic carbocycles. The first-order valence-electron chi connectivity index (χ1n) is 7.95. The van der Waals surface area contributed by atoms with Crippen LogP contribution in [0.4, 0.5) is 0 Å². The minimum Gasteiger partial charge on any atom is -0.323 e. The number of aliphatic imine (C=N–C) groups is 1. The standard InChI is InChI=1S/C15H15N.C2H7N.C2H6.CH3Br/c1-2-16-15(13-9-5-3-6-10-13)14-11-7-4-8-12-14;1-3-2;2*1-2/h3-12H,2H2,1H3;3H,1-2H3;1-2H3;1H3. The van der Waals surface area contributed by atoms with Gasteiger partial charge in [-0.05, 0) is 26.9 Å². The topological polar surface area (TPSA) is 24.4 Å². The van der Waals surface area contributed by atoms with Crippen molar-refractivity contribution in [1.29, 1.82) is 0 Å². The Morgan fingerprint density at radius 1 is 0.826 bits per heavy atom. The van der Waals surface area contributed by atoms with Gasteiger partial charge in [-0.1, -0.05) is 90.4 Å². The van der Waals surface area contributed by atoms with Crippen molar-refractivity contribution in [3.8, 4) is 0 Å². The van der Waals surface area contributed by atoms with Crippen LogP contribution in [-0.2, 0) is 0 Å². The monoisotopic (exact) mass is 378 g/mol. The molecule has 128 valence electrons. The minimum atomic E-state index is 0.805. The highest BCUT2D eigenvalue weighted by Crippen LogP contribution is 2.10. The summed E-state index contributed by atoms with van der Waals surface area (Å²) < 4.78 is 0. The lowest BCUT2D eigenvalue weighted by molar-refractivity contribution is 1.02. The van der Waals surface area contributed by atoms with Crippen LogP contribution >= 0.6 is 15.9 Å². The van der Waals surface area contributed by atoms with E-state index < -0.39 is 0 Å². The lowest BCUT2D eigenvalue weighted by Gasteiger charge is -2.06. The van der Waals surface area contributed by atoms with E-state index in [1.54, 1.807) is 0 Å². The van der Waals surface area contributed by atoms with Crippen LogP contribution in [0.2, 0.25) is 0 Å². The van der Waals surface area contributed by atoms with Gasteiger partial charge < -0.3 is 5.32 Å². The Kier molecular flexibility index (Phi) is 19.3. The van der Waals surface area contributed by atoms with Gasteiger partial charge in [0.1, 0.15) is 0 Å². The van der Waals surface area contributed by atoms with Crippen LogP contribution in [-0.4, -0.2) is 32.2 Å². The lowest BCUT2D eigenvalue weighted by Crippen LogP contribution is -2.03. The van der Waals surface area contributed by atoms with Gasteiger partial charge in [0.05, 0.1) is 5.71 Å².